The molecule has 0 unspecified atom stereocenters. The van der Waals surface area contributed by atoms with Crippen molar-refractivity contribution < 1.29 is 14.6 Å². The summed E-state index contributed by atoms with van der Waals surface area (Å²) in [6, 6.07) is 0. The van der Waals surface area contributed by atoms with Crippen molar-refractivity contribution in [1.29, 1.82) is 0 Å². The summed E-state index contributed by atoms with van der Waals surface area (Å²) in [4.78, 5) is 9.93. The zero-order valence-corrected chi connectivity index (χ0v) is 6.32. The highest BCUT2D eigenvalue weighted by molar-refractivity contribution is 5.79. The molecule has 0 spiro atoms. The molecule has 0 radical (unpaired) electrons. The van der Waals surface area contributed by atoms with Crippen LogP contribution in [0.5, 0.6) is 0 Å². The number of hydrogen-bond donors (Lipinski definition) is 1. The number of carbonyl (C=O) groups is 1. The van der Waals surface area contributed by atoms with Crippen molar-refractivity contribution in [3.63, 3.8) is 0 Å². The molecule has 0 saturated carbocycles. The molecule has 0 aromatic rings. The summed E-state index contributed by atoms with van der Waals surface area (Å²) in [5, 5.41) is 8.16. The number of ether oxygens (including phenoxy) is 1. The Bertz CT molecular complexity index is 149. The first-order valence-electron chi connectivity index (χ1n) is 3.35. The van der Waals surface area contributed by atoms with Gasteiger partial charge >= 0.3 is 5.97 Å². The molecule has 3 heteroatoms. The van der Waals surface area contributed by atoms with Crippen molar-refractivity contribution in [2.45, 2.75) is 6.42 Å². The van der Waals surface area contributed by atoms with Gasteiger partial charge in [-0.15, -0.1) is 6.58 Å². The molecule has 62 valence electrons. The van der Waals surface area contributed by atoms with E-state index in [2.05, 4.69) is 6.58 Å². The fourth-order valence-electron chi connectivity index (χ4n) is 0.467. The second-order valence-electron chi connectivity index (χ2n) is 1.89. The molecule has 0 aromatic carbocycles. The highest BCUT2D eigenvalue weighted by atomic mass is 16.5. The molecule has 0 aliphatic rings. The first-order chi connectivity index (χ1) is 5.27. The van der Waals surface area contributed by atoms with E-state index in [4.69, 9.17) is 9.84 Å². The lowest BCUT2D eigenvalue weighted by atomic mass is 10.4. The van der Waals surface area contributed by atoms with Crippen LogP contribution in [-0.4, -0.2) is 24.3 Å². The summed E-state index contributed by atoms with van der Waals surface area (Å²) >= 11 is 0. The van der Waals surface area contributed by atoms with E-state index in [1.807, 2.05) is 0 Å². The predicted octanol–water partition coefficient (Wildman–Crippen LogP) is 1.22. The highest BCUT2D eigenvalue weighted by Crippen LogP contribution is 1.83. The van der Waals surface area contributed by atoms with E-state index < -0.39 is 5.97 Å². The summed E-state index contributed by atoms with van der Waals surface area (Å²) < 4.78 is 5.00. The monoisotopic (exact) mass is 156 g/mol. The van der Waals surface area contributed by atoms with Crippen LogP contribution in [-0.2, 0) is 9.53 Å². The molecule has 1 N–H and O–H groups in total. The van der Waals surface area contributed by atoms with Crippen molar-refractivity contribution in [3.05, 3.63) is 24.8 Å². The Balaban J connectivity index is 3.13. The minimum Gasteiger partial charge on any atom is -0.478 e. The lowest BCUT2D eigenvalue weighted by Crippen LogP contribution is -1.94. The average molecular weight is 156 g/mol. The van der Waals surface area contributed by atoms with Gasteiger partial charge in [-0.1, -0.05) is 12.2 Å². The van der Waals surface area contributed by atoms with Gasteiger partial charge in [0.15, 0.2) is 0 Å². The van der Waals surface area contributed by atoms with Gasteiger partial charge in [0.05, 0.1) is 13.2 Å². The van der Waals surface area contributed by atoms with Gasteiger partial charge in [-0.25, -0.2) is 4.79 Å². The smallest absolute Gasteiger partial charge is 0.328 e. The van der Waals surface area contributed by atoms with E-state index in [1.54, 1.807) is 6.08 Å². The molecule has 3 nitrogen and oxygen atoms in total. The number of hydrogen-bond acceptors (Lipinski definition) is 2. The molecule has 0 aliphatic heterocycles. The first kappa shape index (κ1) is 9.91. The van der Waals surface area contributed by atoms with Crippen LogP contribution in [0.1, 0.15) is 6.42 Å². The third-order valence-corrected chi connectivity index (χ3v) is 0.941. The second kappa shape index (κ2) is 7.02. The van der Waals surface area contributed by atoms with Crippen LogP contribution >= 0.6 is 0 Å². The van der Waals surface area contributed by atoms with Crippen molar-refractivity contribution in [2.24, 2.45) is 0 Å². The molecule has 0 fully saturated rings. The van der Waals surface area contributed by atoms with Crippen LogP contribution in [0, 0.1) is 0 Å². The van der Waals surface area contributed by atoms with E-state index in [0.717, 1.165) is 12.5 Å². The number of carboxylic acids is 1. The van der Waals surface area contributed by atoms with E-state index >= 15 is 0 Å². The quantitative estimate of drug-likeness (QED) is 0.357. The summed E-state index contributed by atoms with van der Waals surface area (Å²) in [6.07, 6.45) is 5.07. The van der Waals surface area contributed by atoms with E-state index in [9.17, 15) is 4.79 Å². The van der Waals surface area contributed by atoms with E-state index in [0.29, 0.717) is 13.2 Å². The molecule has 11 heavy (non-hydrogen) atoms. The lowest BCUT2D eigenvalue weighted by molar-refractivity contribution is -0.131. The molecule has 0 heterocycles. The van der Waals surface area contributed by atoms with Gasteiger partial charge in [0, 0.05) is 6.08 Å². The zero-order valence-electron chi connectivity index (χ0n) is 6.32. The summed E-state index contributed by atoms with van der Waals surface area (Å²) in [5.74, 6) is -0.947. The number of aliphatic carboxylic acids is 1. The van der Waals surface area contributed by atoms with E-state index in [1.165, 1.54) is 6.08 Å². The van der Waals surface area contributed by atoms with Crippen LogP contribution in [0.15, 0.2) is 24.8 Å². The highest BCUT2D eigenvalue weighted by Gasteiger charge is 1.84. The van der Waals surface area contributed by atoms with E-state index in [-0.39, 0.29) is 0 Å². The van der Waals surface area contributed by atoms with Crippen LogP contribution in [0.4, 0.5) is 0 Å². The van der Waals surface area contributed by atoms with Gasteiger partial charge < -0.3 is 9.84 Å². The maximum Gasteiger partial charge on any atom is 0.328 e. The summed E-state index contributed by atoms with van der Waals surface area (Å²) in [5.41, 5.74) is 0. The molecule has 0 saturated heterocycles. The molecule has 0 bridgehead atoms. The summed E-state index contributed by atoms with van der Waals surface area (Å²) in [6.45, 7) is 4.45. The molecule has 0 aromatic heterocycles. The van der Waals surface area contributed by atoms with Crippen LogP contribution < -0.4 is 0 Å². The van der Waals surface area contributed by atoms with Gasteiger partial charge in [0.1, 0.15) is 0 Å². The Morgan fingerprint density at radius 2 is 2.36 bits per heavy atom. The second-order valence-corrected chi connectivity index (χ2v) is 1.89. The Morgan fingerprint density at radius 3 is 2.91 bits per heavy atom. The van der Waals surface area contributed by atoms with Gasteiger partial charge in [-0.2, -0.15) is 0 Å². The fourth-order valence-corrected chi connectivity index (χ4v) is 0.467. The largest absolute Gasteiger partial charge is 0.478 e. The van der Waals surface area contributed by atoms with Gasteiger partial charge in [0.2, 0.25) is 0 Å². The van der Waals surface area contributed by atoms with Crippen LogP contribution in [0.2, 0.25) is 0 Å². The Kier molecular flexibility index (Phi) is 6.33. The fraction of sp³-hybridized carbons (Fsp3) is 0.375. The zero-order chi connectivity index (χ0) is 8.53. The third-order valence-electron chi connectivity index (χ3n) is 0.941. The van der Waals surface area contributed by atoms with Crippen molar-refractivity contribution in [3.8, 4) is 0 Å². The predicted molar refractivity (Wildman–Crippen MR) is 42.4 cm³/mol. The molecule has 0 rings (SSSR count). The van der Waals surface area contributed by atoms with Crippen molar-refractivity contribution in [2.75, 3.05) is 13.2 Å². The molecule has 0 aliphatic carbocycles. The topological polar surface area (TPSA) is 46.5 Å². The Hall–Kier alpha value is -1.09. The van der Waals surface area contributed by atoms with Gasteiger partial charge in [0.25, 0.3) is 0 Å². The normalized spacial score (nSPS) is 10.2. The average Bonchev–Trinajstić information content (AvgIpc) is 1.96. The third kappa shape index (κ3) is 8.91. The minimum atomic E-state index is -0.947. The lowest BCUT2D eigenvalue weighted by Gasteiger charge is -1.94. The molecular weight excluding hydrogens is 144 g/mol. The maximum absolute atomic E-state index is 9.93. The molecular formula is C8H12O3. The molecule has 0 amide bonds. The SMILES string of the molecule is C=CCCOCC=CC(=O)O. The minimum absolute atomic E-state index is 0.347. The van der Waals surface area contributed by atoms with Crippen molar-refractivity contribution >= 4 is 5.97 Å². The standard InChI is InChI=1S/C8H12O3/c1-2-3-6-11-7-4-5-8(9)10/h2,4-5H,1,3,6-7H2,(H,9,10). The molecule has 0 atom stereocenters. The van der Waals surface area contributed by atoms with Crippen LogP contribution in [0.25, 0.3) is 0 Å². The van der Waals surface area contributed by atoms with Gasteiger partial charge in [-0.05, 0) is 6.42 Å². The number of rotatable bonds is 6. The number of carboxylic acid groups (broad SMARTS) is 1. The van der Waals surface area contributed by atoms with Crippen molar-refractivity contribution in [1.82, 2.24) is 0 Å². The maximum atomic E-state index is 9.93. The van der Waals surface area contributed by atoms with Crippen LogP contribution in [0.3, 0.4) is 0 Å². The summed E-state index contributed by atoms with van der Waals surface area (Å²) in [7, 11) is 0. The first-order valence-corrected chi connectivity index (χ1v) is 3.35. The Morgan fingerprint density at radius 1 is 1.64 bits per heavy atom. The van der Waals surface area contributed by atoms with Gasteiger partial charge in [-0.3, -0.25) is 0 Å². The Labute approximate surface area is 66.0 Å².